The summed E-state index contributed by atoms with van der Waals surface area (Å²) in [6.07, 6.45) is 0.696. The molecule has 3 rings (SSSR count). The highest BCUT2D eigenvalue weighted by molar-refractivity contribution is 5.90. The number of carbonyl (C=O) groups excluding carboxylic acids is 1. The fourth-order valence-corrected chi connectivity index (χ4v) is 3.22. The van der Waals surface area contributed by atoms with Gasteiger partial charge in [-0.25, -0.2) is 9.18 Å². The van der Waals surface area contributed by atoms with Crippen LogP contribution in [0.3, 0.4) is 0 Å². The fourth-order valence-electron chi connectivity index (χ4n) is 3.22. The standard InChI is InChI=1S/C21H26FN3O/c1-16-7-8-17(2)20(15-16)23-21(26)25-13-11-24(12-14-25)10-9-18-5-3-4-6-19(18)22/h3-8,15H,9-14H2,1-2H3,(H,23,26). The van der Waals surface area contributed by atoms with Crippen molar-refractivity contribution in [3.8, 4) is 0 Å². The molecule has 1 heterocycles. The van der Waals surface area contributed by atoms with Gasteiger partial charge in [-0.05, 0) is 49.1 Å². The van der Waals surface area contributed by atoms with E-state index in [-0.39, 0.29) is 11.8 Å². The van der Waals surface area contributed by atoms with E-state index in [1.54, 1.807) is 6.07 Å². The second-order valence-corrected chi connectivity index (χ2v) is 6.92. The van der Waals surface area contributed by atoms with Crippen LogP contribution in [0.25, 0.3) is 0 Å². The van der Waals surface area contributed by atoms with Crippen LogP contribution in [0.1, 0.15) is 16.7 Å². The van der Waals surface area contributed by atoms with Gasteiger partial charge in [0.25, 0.3) is 0 Å². The second kappa shape index (κ2) is 8.32. The summed E-state index contributed by atoms with van der Waals surface area (Å²) in [5.41, 5.74) is 3.82. The van der Waals surface area contributed by atoms with E-state index in [4.69, 9.17) is 0 Å². The molecular weight excluding hydrogens is 329 g/mol. The van der Waals surface area contributed by atoms with E-state index >= 15 is 0 Å². The molecule has 1 fully saturated rings. The van der Waals surface area contributed by atoms with Gasteiger partial charge in [0.2, 0.25) is 0 Å². The van der Waals surface area contributed by atoms with E-state index in [1.807, 2.05) is 49.1 Å². The van der Waals surface area contributed by atoms with Gasteiger partial charge in [0.1, 0.15) is 5.82 Å². The fraction of sp³-hybridized carbons (Fsp3) is 0.381. The van der Waals surface area contributed by atoms with Crippen molar-refractivity contribution < 1.29 is 9.18 Å². The molecule has 2 aromatic rings. The number of rotatable bonds is 4. The molecule has 4 nitrogen and oxygen atoms in total. The van der Waals surface area contributed by atoms with Crippen molar-refractivity contribution in [2.75, 3.05) is 38.0 Å². The first-order valence-electron chi connectivity index (χ1n) is 9.12. The lowest BCUT2D eigenvalue weighted by Crippen LogP contribution is -2.50. The summed E-state index contributed by atoms with van der Waals surface area (Å²) in [6, 6.07) is 12.9. The first kappa shape index (κ1) is 18.4. The zero-order chi connectivity index (χ0) is 18.5. The number of urea groups is 1. The van der Waals surface area contributed by atoms with E-state index in [1.165, 1.54) is 6.07 Å². The summed E-state index contributed by atoms with van der Waals surface area (Å²) in [4.78, 5) is 16.6. The molecule has 2 amide bonds. The number of nitrogens with one attached hydrogen (secondary N) is 1. The smallest absolute Gasteiger partial charge is 0.321 e. The van der Waals surface area contributed by atoms with E-state index in [0.717, 1.165) is 42.0 Å². The van der Waals surface area contributed by atoms with Crippen molar-refractivity contribution in [3.05, 3.63) is 65.0 Å². The molecule has 1 aliphatic rings. The van der Waals surface area contributed by atoms with Gasteiger partial charge in [0, 0.05) is 38.4 Å². The number of hydrogen-bond donors (Lipinski definition) is 1. The van der Waals surface area contributed by atoms with E-state index in [2.05, 4.69) is 10.2 Å². The third-order valence-corrected chi connectivity index (χ3v) is 4.95. The summed E-state index contributed by atoms with van der Waals surface area (Å²) in [5.74, 6) is -0.140. The van der Waals surface area contributed by atoms with Crippen LogP contribution < -0.4 is 5.32 Å². The minimum Gasteiger partial charge on any atom is -0.322 e. The molecule has 0 unspecified atom stereocenters. The first-order chi connectivity index (χ1) is 12.5. The quantitative estimate of drug-likeness (QED) is 0.905. The lowest BCUT2D eigenvalue weighted by molar-refractivity contribution is 0.148. The van der Waals surface area contributed by atoms with E-state index in [9.17, 15) is 9.18 Å². The number of aryl methyl sites for hydroxylation is 2. The van der Waals surface area contributed by atoms with Gasteiger partial charge in [-0.2, -0.15) is 0 Å². The molecule has 5 heteroatoms. The number of piperazine rings is 1. The van der Waals surface area contributed by atoms with Crippen LogP contribution in [0, 0.1) is 19.7 Å². The van der Waals surface area contributed by atoms with Gasteiger partial charge in [0.15, 0.2) is 0 Å². The zero-order valence-electron chi connectivity index (χ0n) is 15.5. The molecule has 0 atom stereocenters. The average molecular weight is 355 g/mol. The first-order valence-corrected chi connectivity index (χ1v) is 9.12. The van der Waals surface area contributed by atoms with Crippen LogP contribution in [0.2, 0.25) is 0 Å². The maximum atomic E-state index is 13.7. The number of anilines is 1. The predicted octanol–water partition coefficient (Wildman–Crippen LogP) is 3.83. The third-order valence-electron chi connectivity index (χ3n) is 4.95. The summed E-state index contributed by atoms with van der Waals surface area (Å²) in [5, 5.41) is 3.02. The van der Waals surface area contributed by atoms with Crippen LogP contribution in [0.5, 0.6) is 0 Å². The van der Waals surface area contributed by atoms with Crippen molar-refractivity contribution in [3.63, 3.8) is 0 Å². The molecule has 0 saturated carbocycles. The number of hydrogen-bond acceptors (Lipinski definition) is 2. The Labute approximate surface area is 154 Å². The van der Waals surface area contributed by atoms with Gasteiger partial charge >= 0.3 is 6.03 Å². The van der Waals surface area contributed by atoms with Gasteiger partial charge in [-0.1, -0.05) is 30.3 Å². The monoisotopic (exact) mass is 355 g/mol. The topological polar surface area (TPSA) is 35.6 Å². The summed E-state index contributed by atoms with van der Waals surface area (Å²) in [6.45, 7) is 7.83. The van der Waals surface area contributed by atoms with Gasteiger partial charge in [-0.15, -0.1) is 0 Å². The minimum absolute atomic E-state index is 0.0487. The number of benzene rings is 2. The molecule has 0 aromatic heterocycles. The Hall–Kier alpha value is -2.40. The summed E-state index contributed by atoms with van der Waals surface area (Å²) in [7, 11) is 0. The minimum atomic E-state index is -0.140. The molecule has 1 N–H and O–H groups in total. The predicted molar refractivity (Wildman–Crippen MR) is 103 cm³/mol. The van der Waals surface area contributed by atoms with Crippen molar-refractivity contribution in [2.24, 2.45) is 0 Å². The van der Waals surface area contributed by atoms with Gasteiger partial charge < -0.3 is 10.2 Å². The Balaban J connectivity index is 1.48. The maximum Gasteiger partial charge on any atom is 0.321 e. The molecule has 138 valence electrons. The van der Waals surface area contributed by atoms with Crippen LogP contribution in [0.4, 0.5) is 14.9 Å². The van der Waals surface area contributed by atoms with E-state index < -0.39 is 0 Å². The van der Waals surface area contributed by atoms with Gasteiger partial charge in [-0.3, -0.25) is 4.90 Å². The molecular formula is C21H26FN3O. The summed E-state index contributed by atoms with van der Waals surface area (Å²) >= 11 is 0. The van der Waals surface area contributed by atoms with Crippen LogP contribution in [0.15, 0.2) is 42.5 Å². The highest BCUT2D eigenvalue weighted by Crippen LogP contribution is 2.17. The average Bonchev–Trinajstić information content (AvgIpc) is 2.64. The summed E-state index contributed by atoms with van der Waals surface area (Å²) < 4.78 is 13.7. The molecule has 0 radical (unpaired) electrons. The highest BCUT2D eigenvalue weighted by atomic mass is 19.1. The Bertz CT molecular complexity index is 770. The number of amides is 2. The lowest BCUT2D eigenvalue weighted by atomic mass is 10.1. The largest absolute Gasteiger partial charge is 0.322 e. The molecule has 1 aliphatic heterocycles. The SMILES string of the molecule is Cc1ccc(C)c(NC(=O)N2CCN(CCc3ccccc3F)CC2)c1. The Morgan fingerprint density at radius 2 is 1.81 bits per heavy atom. The third kappa shape index (κ3) is 4.61. The van der Waals surface area contributed by atoms with Crippen molar-refractivity contribution >= 4 is 11.7 Å². The molecule has 2 aromatic carbocycles. The van der Waals surface area contributed by atoms with Crippen LogP contribution in [-0.4, -0.2) is 48.6 Å². The lowest BCUT2D eigenvalue weighted by Gasteiger charge is -2.34. The Morgan fingerprint density at radius 1 is 1.08 bits per heavy atom. The van der Waals surface area contributed by atoms with Gasteiger partial charge in [0.05, 0.1) is 0 Å². The second-order valence-electron chi connectivity index (χ2n) is 6.92. The Kier molecular flexibility index (Phi) is 5.89. The van der Waals surface area contributed by atoms with Crippen LogP contribution in [-0.2, 0) is 6.42 Å². The zero-order valence-corrected chi connectivity index (χ0v) is 15.5. The van der Waals surface area contributed by atoms with E-state index in [0.29, 0.717) is 19.5 Å². The van der Waals surface area contributed by atoms with Crippen molar-refractivity contribution in [2.45, 2.75) is 20.3 Å². The molecule has 1 saturated heterocycles. The molecule has 0 bridgehead atoms. The molecule has 26 heavy (non-hydrogen) atoms. The van der Waals surface area contributed by atoms with Crippen molar-refractivity contribution in [1.29, 1.82) is 0 Å². The number of carbonyl (C=O) groups is 1. The Morgan fingerprint density at radius 3 is 2.54 bits per heavy atom. The normalized spacial score (nSPS) is 15.1. The number of halogens is 1. The molecule has 0 spiro atoms. The molecule has 0 aliphatic carbocycles. The van der Waals surface area contributed by atoms with Crippen molar-refractivity contribution in [1.82, 2.24) is 9.80 Å². The maximum absolute atomic E-state index is 13.7. The van der Waals surface area contributed by atoms with Crippen LogP contribution >= 0.6 is 0 Å². The number of nitrogens with zero attached hydrogens (tertiary/aromatic N) is 2. The highest BCUT2D eigenvalue weighted by Gasteiger charge is 2.21.